The lowest BCUT2D eigenvalue weighted by Gasteiger charge is -2.26. The van der Waals surface area contributed by atoms with E-state index in [9.17, 15) is 13.2 Å². The van der Waals surface area contributed by atoms with Gasteiger partial charge in [0.15, 0.2) is 11.5 Å². The highest BCUT2D eigenvalue weighted by molar-refractivity contribution is 7.98. The molecule has 3 aromatic rings. The van der Waals surface area contributed by atoms with Crippen molar-refractivity contribution in [3.05, 3.63) is 83.4 Å². The molecule has 184 valence electrons. The van der Waals surface area contributed by atoms with E-state index in [0.29, 0.717) is 47.7 Å². The van der Waals surface area contributed by atoms with E-state index in [0.717, 1.165) is 15.6 Å². The maximum atomic E-state index is 13.5. The summed E-state index contributed by atoms with van der Waals surface area (Å²) in [6.07, 6.45) is 0. The molecule has 10 heteroatoms. The van der Waals surface area contributed by atoms with Gasteiger partial charge in [0.1, 0.15) is 19.8 Å². The van der Waals surface area contributed by atoms with Crippen molar-refractivity contribution >= 4 is 45.0 Å². The molecule has 0 bridgehead atoms. The molecule has 0 unspecified atom stereocenters. The van der Waals surface area contributed by atoms with Gasteiger partial charge in [0.05, 0.1) is 10.6 Å². The molecule has 1 amide bonds. The van der Waals surface area contributed by atoms with E-state index in [1.807, 2.05) is 24.3 Å². The molecule has 3 aromatic carbocycles. The van der Waals surface area contributed by atoms with Crippen LogP contribution in [0.1, 0.15) is 5.56 Å². The van der Waals surface area contributed by atoms with Crippen molar-refractivity contribution < 1.29 is 22.7 Å². The third-order valence-corrected chi connectivity index (χ3v) is 8.21. The summed E-state index contributed by atoms with van der Waals surface area (Å²) in [5.41, 5.74) is 1.43. The van der Waals surface area contributed by atoms with Crippen molar-refractivity contribution in [3.63, 3.8) is 0 Å². The van der Waals surface area contributed by atoms with Crippen LogP contribution in [0.5, 0.6) is 11.5 Å². The maximum absolute atomic E-state index is 13.5. The maximum Gasteiger partial charge on any atom is 0.264 e. The Labute approximate surface area is 214 Å². The molecule has 1 N–H and O–H groups in total. The van der Waals surface area contributed by atoms with Gasteiger partial charge in [-0.1, -0.05) is 41.9 Å². The van der Waals surface area contributed by atoms with Crippen LogP contribution in [0, 0.1) is 0 Å². The van der Waals surface area contributed by atoms with Crippen LogP contribution in [-0.2, 0) is 20.6 Å². The van der Waals surface area contributed by atoms with Crippen LogP contribution >= 0.6 is 23.4 Å². The summed E-state index contributed by atoms with van der Waals surface area (Å²) in [7, 11) is -3.99. The Balaban J connectivity index is 1.43. The average molecular weight is 533 g/mol. The number of nitrogens with zero attached hydrogens (tertiary/aromatic N) is 1. The summed E-state index contributed by atoms with van der Waals surface area (Å²) >= 11 is 7.67. The highest BCUT2D eigenvalue weighted by atomic mass is 35.5. The molecule has 4 rings (SSSR count). The topological polar surface area (TPSA) is 84.9 Å². The van der Waals surface area contributed by atoms with E-state index < -0.39 is 15.9 Å². The molecule has 0 atom stereocenters. The Bertz CT molecular complexity index is 1270. The number of ether oxygens (including phenoxy) is 2. The van der Waals surface area contributed by atoms with E-state index >= 15 is 0 Å². The number of carbonyl (C=O) groups excluding carboxylic acids is 1. The molecule has 0 fully saturated rings. The van der Waals surface area contributed by atoms with Crippen LogP contribution < -0.4 is 19.1 Å². The number of hydrogen-bond acceptors (Lipinski definition) is 6. The Hall–Kier alpha value is -2.88. The predicted octanol–water partition coefficient (Wildman–Crippen LogP) is 4.36. The van der Waals surface area contributed by atoms with Crippen LogP contribution in [0.15, 0.2) is 77.7 Å². The highest BCUT2D eigenvalue weighted by Crippen LogP contribution is 2.35. The van der Waals surface area contributed by atoms with E-state index in [1.165, 1.54) is 12.1 Å². The Morgan fingerprint density at radius 1 is 0.971 bits per heavy atom. The van der Waals surface area contributed by atoms with Crippen LogP contribution in [0.3, 0.4) is 0 Å². The Kier molecular flexibility index (Phi) is 8.43. The fraction of sp³-hybridized carbons (Fsp3) is 0.240. The number of anilines is 1. The predicted molar refractivity (Wildman–Crippen MR) is 139 cm³/mol. The number of rotatable bonds is 10. The molecule has 1 aliphatic heterocycles. The summed E-state index contributed by atoms with van der Waals surface area (Å²) in [6, 6.07) is 20.5. The molecule has 0 aliphatic carbocycles. The van der Waals surface area contributed by atoms with Crippen molar-refractivity contribution in [2.75, 3.05) is 36.4 Å². The first-order valence-electron chi connectivity index (χ1n) is 11.0. The number of nitrogens with one attached hydrogen (secondary N) is 1. The van der Waals surface area contributed by atoms with Gasteiger partial charge in [0, 0.05) is 29.1 Å². The number of halogens is 1. The largest absolute Gasteiger partial charge is 0.486 e. The number of thioether (sulfide) groups is 1. The third kappa shape index (κ3) is 6.62. The molecule has 0 aromatic heterocycles. The molecule has 0 saturated heterocycles. The zero-order valence-corrected chi connectivity index (χ0v) is 21.2. The molecular weight excluding hydrogens is 508 g/mol. The summed E-state index contributed by atoms with van der Waals surface area (Å²) in [4.78, 5) is 12.9. The van der Waals surface area contributed by atoms with Gasteiger partial charge in [-0.25, -0.2) is 8.42 Å². The smallest absolute Gasteiger partial charge is 0.264 e. The molecule has 1 aliphatic rings. The Morgan fingerprint density at radius 3 is 2.51 bits per heavy atom. The first kappa shape index (κ1) is 25.2. The minimum Gasteiger partial charge on any atom is -0.486 e. The van der Waals surface area contributed by atoms with Gasteiger partial charge in [-0.05, 0) is 42.0 Å². The van der Waals surface area contributed by atoms with E-state index in [1.54, 1.807) is 48.2 Å². The van der Waals surface area contributed by atoms with Gasteiger partial charge < -0.3 is 14.8 Å². The number of fused-ring (bicyclic) bond motifs is 1. The third-order valence-electron chi connectivity index (χ3n) is 5.16. The number of hydrogen-bond donors (Lipinski definition) is 1. The van der Waals surface area contributed by atoms with Crippen molar-refractivity contribution in [2.24, 2.45) is 0 Å². The van der Waals surface area contributed by atoms with E-state index in [4.69, 9.17) is 21.1 Å². The SMILES string of the molecule is O=C(CN(c1ccc2c(c1)OCCO2)S(=O)(=O)c1ccccc1)NCCSCc1cccc(Cl)c1. The molecule has 0 spiro atoms. The molecule has 35 heavy (non-hydrogen) atoms. The van der Waals surface area contributed by atoms with Crippen molar-refractivity contribution in [1.29, 1.82) is 0 Å². The van der Waals surface area contributed by atoms with Crippen molar-refractivity contribution in [2.45, 2.75) is 10.6 Å². The number of carbonyl (C=O) groups is 1. The summed E-state index contributed by atoms with van der Waals surface area (Å²) in [6.45, 7) is 0.839. The minimum atomic E-state index is -3.99. The summed E-state index contributed by atoms with van der Waals surface area (Å²) < 4.78 is 39.2. The normalized spacial score (nSPS) is 12.7. The second kappa shape index (κ2) is 11.7. The van der Waals surface area contributed by atoms with Crippen LogP contribution in [0.25, 0.3) is 0 Å². The molecule has 0 saturated carbocycles. The van der Waals surface area contributed by atoms with Crippen molar-refractivity contribution in [3.8, 4) is 11.5 Å². The van der Waals surface area contributed by atoms with Gasteiger partial charge >= 0.3 is 0 Å². The summed E-state index contributed by atoms with van der Waals surface area (Å²) in [5.74, 6) is 2.02. The van der Waals surface area contributed by atoms with Gasteiger partial charge in [0.25, 0.3) is 10.0 Å². The number of sulfonamides is 1. The molecule has 1 heterocycles. The lowest BCUT2D eigenvalue weighted by molar-refractivity contribution is -0.119. The Morgan fingerprint density at radius 2 is 1.74 bits per heavy atom. The highest BCUT2D eigenvalue weighted by Gasteiger charge is 2.28. The monoisotopic (exact) mass is 532 g/mol. The van der Waals surface area contributed by atoms with Gasteiger partial charge in [-0.3, -0.25) is 9.10 Å². The fourth-order valence-corrected chi connectivity index (χ4v) is 5.94. The zero-order valence-electron chi connectivity index (χ0n) is 18.9. The van der Waals surface area contributed by atoms with Gasteiger partial charge in [-0.15, -0.1) is 0 Å². The zero-order chi connectivity index (χ0) is 24.7. The minimum absolute atomic E-state index is 0.0970. The molecule has 7 nitrogen and oxygen atoms in total. The second-order valence-corrected chi connectivity index (χ2v) is 11.1. The summed E-state index contributed by atoms with van der Waals surface area (Å²) in [5, 5.41) is 3.51. The van der Waals surface area contributed by atoms with Gasteiger partial charge in [-0.2, -0.15) is 11.8 Å². The average Bonchev–Trinajstić information content (AvgIpc) is 2.87. The van der Waals surface area contributed by atoms with Crippen molar-refractivity contribution in [1.82, 2.24) is 5.32 Å². The van der Waals surface area contributed by atoms with Crippen LogP contribution in [0.2, 0.25) is 5.02 Å². The van der Waals surface area contributed by atoms with E-state index in [2.05, 4.69) is 5.32 Å². The van der Waals surface area contributed by atoms with Crippen LogP contribution in [0.4, 0.5) is 5.69 Å². The van der Waals surface area contributed by atoms with Gasteiger partial charge in [0.2, 0.25) is 5.91 Å². The first-order valence-corrected chi connectivity index (χ1v) is 14.0. The number of benzene rings is 3. The quantitative estimate of drug-likeness (QED) is 0.391. The lowest BCUT2D eigenvalue weighted by Crippen LogP contribution is -2.41. The molecule has 0 radical (unpaired) electrons. The number of amides is 1. The van der Waals surface area contributed by atoms with Crippen LogP contribution in [-0.4, -0.2) is 46.4 Å². The van der Waals surface area contributed by atoms with E-state index in [-0.39, 0.29) is 11.4 Å². The first-order chi connectivity index (χ1) is 16.9. The lowest BCUT2D eigenvalue weighted by atomic mass is 10.2. The second-order valence-electron chi connectivity index (χ2n) is 7.69. The molecular formula is C25H25ClN2O5S2. The standard InChI is InChI=1S/C25H25ClN2O5S2/c26-20-6-4-5-19(15-20)18-34-14-11-27-25(29)17-28(35(30,31)22-7-2-1-3-8-22)21-9-10-23-24(16-21)33-13-12-32-23/h1-10,15-16H,11-14,17-18H2,(H,27,29). The fourth-order valence-electron chi connectivity index (χ4n) is 3.49.